The molecule has 2 aliphatic heterocycles. The minimum absolute atomic E-state index is 0.185. The number of carbonyl (C=O) groups is 2. The van der Waals surface area contributed by atoms with Gasteiger partial charge in [0.2, 0.25) is 5.91 Å². The molecule has 2 fully saturated rings. The Hall–Kier alpha value is -3.06. The van der Waals surface area contributed by atoms with Crippen LogP contribution in [0.5, 0.6) is 11.5 Å². The lowest BCUT2D eigenvalue weighted by molar-refractivity contribution is -0.123. The Morgan fingerprint density at radius 3 is 2.28 bits per heavy atom. The molecule has 0 saturated carbocycles. The van der Waals surface area contributed by atoms with Gasteiger partial charge in [0.05, 0.1) is 32.4 Å². The van der Waals surface area contributed by atoms with Crippen molar-refractivity contribution in [3.05, 3.63) is 48.5 Å². The molecule has 2 aliphatic rings. The summed E-state index contributed by atoms with van der Waals surface area (Å²) in [6.07, 6.45) is 0.185. The molecule has 7 nitrogen and oxygen atoms in total. The van der Waals surface area contributed by atoms with E-state index in [1.165, 1.54) is 17.7 Å². The fraction of sp³-hybridized carbons (Fsp3) is 0.364. The Morgan fingerprint density at radius 1 is 0.897 bits per heavy atom. The Bertz CT molecular complexity index is 894. The van der Waals surface area contributed by atoms with Crippen LogP contribution >= 0.6 is 0 Å². The van der Waals surface area contributed by atoms with E-state index in [1.54, 1.807) is 25.3 Å². The second-order valence-electron chi connectivity index (χ2n) is 7.18. The zero-order valence-corrected chi connectivity index (χ0v) is 16.7. The van der Waals surface area contributed by atoms with E-state index in [0.29, 0.717) is 17.2 Å². The number of hydrogen-bond acceptors (Lipinski definition) is 6. The normalized spacial score (nSPS) is 20.3. The van der Waals surface area contributed by atoms with Crippen LogP contribution in [0.4, 0.5) is 11.4 Å². The fourth-order valence-electron chi connectivity index (χ4n) is 4.06. The molecule has 4 rings (SSSR count). The third kappa shape index (κ3) is 3.65. The standard InChI is InChI=1S/C22H25N3O4/c1-28-17-8-9-20(29-2)18(14-17)25-21(26)15-19(22(25)27)24-12-10-23(11-13-24)16-6-4-3-5-7-16/h3-9,14,19H,10-13,15H2,1-2H3/t19-/m1/s1. The van der Waals surface area contributed by atoms with E-state index < -0.39 is 6.04 Å². The van der Waals surface area contributed by atoms with E-state index in [4.69, 9.17) is 9.47 Å². The van der Waals surface area contributed by atoms with Gasteiger partial charge >= 0.3 is 0 Å². The number of methoxy groups -OCH3 is 2. The minimum atomic E-state index is -0.434. The quantitative estimate of drug-likeness (QED) is 0.723. The summed E-state index contributed by atoms with van der Waals surface area (Å²) in [4.78, 5) is 31.6. The molecule has 29 heavy (non-hydrogen) atoms. The van der Waals surface area contributed by atoms with Crippen molar-refractivity contribution in [3.63, 3.8) is 0 Å². The third-order valence-corrected chi connectivity index (χ3v) is 5.63. The molecule has 152 valence electrons. The summed E-state index contributed by atoms with van der Waals surface area (Å²) in [7, 11) is 3.07. The summed E-state index contributed by atoms with van der Waals surface area (Å²) in [5.41, 5.74) is 1.62. The first-order valence-electron chi connectivity index (χ1n) is 9.75. The van der Waals surface area contributed by atoms with Crippen LogP contribution in [0.25, 0.3) is 0 Å². The van der Waals surface area contributed by atoms with Gasteiger partial charge in [0.1, 0.15) is 11.5 Å². The molecular weight excluding hydrogens is 370 g/mol. The molecular formula is C22H25N3O4. The van der Waals surface area contributed by atoms with Gasteiger partial charge in [-0.2, -0.15) is 0 Å². The number of ether oxygens (including phenoxy) is 2. The van der Waals surface area contributed by atoms with E-state index in [0.717, 1.165) is 26.2 Å². The molecule has 2 aromatic carbocycles. The Balaban J connectivity index is 1.49. The molecule has 0 spiro atoms. The zero-order chi connectivity index (χ0) is 20.4. The van der Waals surface area contributed by atoms with Gasteiger partial charge in [-0.3, -0.25) is 14.5 Å². The highest BCUT2D eigenvalue weighted by molar-refractivity contribution is 6.23. The maximum absolute atomic E-state index is 13.2. The second-order valence-corrected chi connectivity index (χ2v) is 7.18. The van der Waals surface area contributed by atoms with E-state index in [9.17, 15) is 9.59 Å². The van der Waals surface area contributed by atoms with Crippen molar-refractivity contribution in [2.24, 2.45) is 0 Å². The van der Waals surface area contributed by atoms with Gasteiger partial charge in [-0.05, 0) is 24.3 Å². The van der Waals surface area contributed by atoms with Crippen LogP contribution in [0.2, 0.25) is 0 Å². The summed E-state index contributed by atoms with van der Waals surface area (Å²) in [5.74, 6) is 0.634. The highest BCUT2D eigenvalue weighted by atomic mass is 16.5. The van der Waals surface area contributed by atoms with Crippen molar-refractivity contribution in [1.29, 1.82) is 0 Å². The number of amides is 2. The van der Waals surface area contributed by atoms with Gasteiger partial charge in [-0.25, -0.2) is 4.90 Å². The highest BCUT2D eigenvalue weighted by Crippen LogP contribution is 2.36. The third-order valence-electron chi connectivity index (χ3n) is 5.63. The number of hydrogen-bond donors (Lipinski definition) is 0. The largest absolute Gasteiger partial charge is 0.497 e. The van der Waals surface area contributed by atoms with Crippen molar-refractivity contribution >= 4 is 23.2 Å². The molecule has 0 aliphatic carbocycles. The number of rotatable bonds is 5. The molecule has 0 unspecified atom stereocenters. The number of anilines is 2. The van der Waals surface area contributed by atoms with E-state index in [1.807, 2.05) is 18.2 Å². The monoisotopic (exact) mass is 395 g/mol. The number of carbonyl (C=O) groups excluding carboxylic acids is 2. The van der Waals surface area contributed by atoms with E-state index in [2.05, 4.69) is 21.9 Å². The lowest BCUT2D eigenvalue weighted by Gasteiger charge is -2.38. The smallest absolute Gasteiger partial charge is 0.251 e. The van der Waals surface area contributed by atoms with Crippen molar-refractivity contribution in [2.75, 3.05) is 50.2 Å². The highest BCUT2D eigenvalue weighted by Gasteiger charge is 2.44. The van der Waals surface area contributed by atoms with Crippen LogP contribution < -0.4 is 19.3 Å². The average Bonchev–Trinajstić information content (AvgIpc) is 3.07. The van der Waals surface area contributed by atoms with Gasteiger partial charge in [0, 0.05) is 37.9 Å². The summed E-state index contributed by atoms with van der Waals surface area (Å²) in [6.45, 7) is 3.12. The number of nitrogens with zero attached hydrogens (tertiary/aromatic N) is 3. The molecule has 2 amide bonds. The van der Waals surface area contributed by atoms with Crippen LogP contribution in [0.3, 0.4) is 0 Å². The lowest BCUT2D eigenvalue weighted by Crippen LogP contribution is -2.52. The molecule has 1 atom stereocenters. The van der Waals surface area contributed by atoms with Crippen LogP contribution in [0.1, 0.15) is 6.42 Å². The summed E-state index contributed by atoms with van der Waals surface area (Å²) in [6, 6.07) is 14.9. The molecule has 2 heterocycles. The molecule has 0 aromatic heterocycles. The van der Waals surface area contributed by atoms with Crippen molar-refractivity contribution in [3.8, 4) is 11.5 Å². The SMILES string of the molecule is COc1ccc(OC)c(N2C(=O)C[C@@H](N3CCN(c4ccccc4)CC3)C2=O)c1. The number of imide groups is 1. The van der Waals surface area contributed by atoms with Gasteiger partial charge in [-0.1, -0.05) is 18.2 Å². The summed E-state index contributed by atoms with van der Waals surface area (Å²) < 4.78 is 10.6. The number of para-hydroxylation sites is 1. The van der Waals surface area contributed by atoms with Crippen LogP contribution in [-0.4, -0.2) is 63.2 Å². The van der Waals surface area contributed by atoms with Crippen LogP contribution in [0.15, 0.2) is 48.5 Å². The molecule has 2 saturated heterocycles. The first-order valence-corrected chi connectivity index (χ1v) is 9.75. The minimum Gasteiger partial charge on any atom is -0.497 e. The maximum atomic E-state index is 13.2. The van der Waals surface area contributed by atoms with Crippen molar-refractivity contribution in [2.45, 2.75) is 12.5 Å². The summed E-state index contributed by atoms with van der Waals surface area (Å²) in [5, 5.41) is 0. The van der Waals surface area contributed by atoms with E-state index in [-0.39, 0.29) is 18.2 Å². The first-order chi connectivity index (χ1) is 14.1. The van der Waals surface area contributed by atoms with Gasteiger partial charge in [0.15, 0.2) is 0 Å². The first kappa shape index (κ1) is 19.3. The van der Waals surface area contributed by atoms with E-state index >= 15 is 0 Å². The van der Waals surface area contributed by atoms with Crippen molar-refractivity contribution < 1.29 is 19.1 Å². The Morgan fingerprint density at radius 2 is 1.62 bits per heavy atom. The predicted octanol–water partition coefficient (Wildman–Crippen LogP) is 2.16. The molecule has 7 heteroatoms. The topological polar surface area (TPSA) is 62.3 Å². The van der Waals surface area contributed by atoms with Gasteiger partial charge in [0.25, 0.3) is 5.91 Å². The maximum Gasteiger partial charge on any atom is 0.251 e. The fourth-order valence-corrected chi connectivity index (χ4v) is 4.06. The van der Waals surface area contributed by atoms with Gasteiger partial charge < -0.3 is 14.4 Å². The van der Waals surface area contributed by atoms with Crippen molar-refractivity contribution in [1.82, 2.24) is 4.90 Å². The molecule has 0 bridgehead atoms. The van der Waals surface area contributed by atoms with Gasteiger partial charge in [-0.15, -0.1) is 0 Å². The lowest BCUT2D eigenvalue weighted by atomic mass is 10.1. The van der Waals surface area contributed by atoms with Crippen LogP contribution in [0, 0.1) is 0 Å². The number of piperazine rings is 1. The van der Waals surface area contributed by atoms with Crippen LogP contribution in [-0.2, 0) is 9.59 Å². The summed E-state index contributed by atoms with van der Waals surface area (Å²) >= 11 is 0. The number of benzene rings is 2. The second kappa shape index (κ2) is 8.13. The predicted molar refractivity (Wildman–Crippen MR) is 111 cm³/mol. The zero-order valence-electron chi connectivity index (χ0n) is 16.7. The molecule has 0 radical (unpaired) electrons. The Kier molecular flexibility index (Phi) is 5.40. The average molecular weight is 395 g/mol. The molecule has 2 aromatic rings. The molecule has 0 N–H and O–H groups in total. The Labute approximate surface area is 170 Å².